The number of aryl methyl sites for hydroxylation is 1. The zero-order chi connectivity index (χ0) is 14.0. The third kappa shape index (κ3) is 2.76. The van der Waals surface area contributed by atoms with Gasteiger partial charge >= 0.3 is 6.18 Å². The standard InChI is InChI=1S/C13H12ClF3N2/c1-2-12-18-5-6-19(12)11-4-3-9(8-14)7-10(11)13(15,16)17/h3-7H,2,8H2,1H3. The molecule has 6 heteroatoms. The number of nitrogens with zero attached hydrogens (tertiary/aromatic N) is 2. The van der Waals surface area contributed by atoms with Crippen LogP contribution in [0.5, 0.6) is 0 Å². The Morgan fingerprint density at radius 3 is 2.63 bits per heavy atom. The first kappa shape index (κ1) is 13.9. The van der Waals surface area contributed by atoms with Crippen LogP contribution in [0.3, 0.4) is 0 Å². The van der Waals surface area contributed by atoms with Crippen LogP contribution in [0.15, 0.2) is 30.6 Å². The van der Waals surface area contributed by atoms with E-state index in [1.165, 1.54) is 23.0 Å². The molecule has 102 valence electrons. The smallest absolute Gasteiger partial charge is 0.303 e. The van der Waals surface area contributed by atoms with E-state index in [-0.39, 0.29) is 11.6 Å². The molecule has 0 aliphatic carbocycles. The summed E-state index contributed by atoms with van der Waals surface area (Å²) >= 11 is 5.60. The molecular weight excluding hydrogens is 277 g/mol. The quantitative estimate of drug-likeness (QED) is 0.774. The van der Waals surface area contributed by atoms with Crippen molar-refractivity contribution in [3.05, 3.63) is 47.5 Å². The molecule has 1 aromatic carbocycles. The van der Waals surface area contributed by atoms with Crippen LogP contribution in [0.4, 0.5) is 13.2 Å². The first-order valence-corrected chi connectivity index (χ1v) is 6.29. The maximum Gasteiger partial charge on any atom is 0.418 e. The fraction of sp³-hybridized carbons (Fsp3) is 0.308. The largest absolute Gasteiger partial charge is 0.418 e. The van der Waals surface area contributed by atoms with Gasteiger partial charge in [0.2, 0.25) is 0 Å². The average molecular weight is 289 g/mol. The molecule has 1 heterocycles. The van der Waals surface area contributed by atoms with E-state index in [0.29, 0.717) is 17.8 Å². The van der Waals surface area contributed by atoms with Gasteiger partial charge in [-0.15, -0.1) is 11.6 Å². The minimum Gasteiger partial charge on any atom is -0.303 e. The molecule has 0 bridgehead atoms. The Morgan fingerprint density at radius 1 is 1.32 bits per heavy atom. The molecule has 2 nitrogen and oxygen atoms in total. The molecule has 2 rings (SSSR count). The zero-order valence-electron chi connectivity index (χ0n) is 10.2. The monoisotopic (exact) mass is 288 g/mol. The molecular formula is C13H12ClF3N2. The van der Waals surface area contributed by atoms with Crippen LogP contribution in [-0.2, 0) is 18.5 Å². The highest BCUT2D eigenvalue weighted by atomic mass is 35.5. The van der Waals surface area contributed by atoms with E-state index in [0.717, 1.165) is 6.07 Å². The van der Waals surface area contributed by atoms with Gasteiger partial charge in [-0.1, -0.05) is 13.0 Å². The molecule has 2 aromatic rings. The normalized spacial score (nSPS) is 11.8. The van der Waals surface area contributed by atoms with E-state index >= 15 is 0 Å². The van der Waals surface area contributed by atoms with Gasteiger partial charge in [-0.2, -0.15) is 13.2 Å². The molecule has 0 atom stereocenters. The van der Waals surface area contributed by atoms with E-state index in [2.05, 4.69) is 4.98 Å². The Labute approximate surface area is 113 Å². The number of alkyl halides is 4. The Hall–Kier alpha value is -1.49. The summed E-state index contributed by atoms with van der Waals surface area (Å²) in [4.78, 5) is 4.05. The SMILES string of the molecule is CCc1nccn1-c1ccc(CCl)cc1C(F)(F)F. The van der Waals surface area contributed by atoms with Crippen LogP contribution < -0.4 is 0 Å². The van der Waals surface area contributed by atoms with Crippen molar-refractivity contribution in [2.75, 3.05) is 0 Å². The summed E-state index contributed by atoms with van der Waals surface area (Å²) in [5.41, 5.74) is -0.176. The highest BCUT2D eigenvalue weighted by molar-refractivity contribution is 6.17. The van der Waals surface area contributed by atoms with Crippen molar-refractivity contribution in [1.82, 2.24) is 9.55 Å². The van der Waals surface area contributed by atoms with Crippen LogP contribution in [-0.4, -0.2) is 9.55 Å². The summed E-state index contributed by atoms with van der Waals surface area (Å²) in [5, 5.41) is 0. The summed E-state index contributed by atoms with van der Waals surface area (Å²) in [6, 6.07) is 4.11. The summed E-state index contributed by atoms with van der Waals surface area (Å²) in [6.45, 7) is 1.85. The van der Waals surface area contributed by atoms with E-state index in [1.54, 1.807) is 6.07 Å². The lowest BCUT2D eigenvalue weighted by molar-refractivity contribution is -0.137. The minimum atomic E-state index is -4.42. The molecule has 19 heavy (non-hydrogen) atoms. The molecule has 0 aliphatic heterocycles. The van der Waals surface area contributed by atoms with Gasteiger partial charge in [-0.25, -0.2) is 4.98 Å². The summed E-state index contributed by atoms with van der Waals surface area (Å²) < 4.78 is 40.8. The third-order valence-corrected chi connectivity index (χ3v) is 3.12. The molecule has 0 fully saturated rings. The van der Waals surface area contributed by atoms with Crippen LogP contribution in [0.2, 0.25) is 0 Å². The van der Waals surface area contributed by atoms with Crippen LogP contribution in [0.1, 0.15) is 23.9 Å². The molecule has 0 amide bonds. The summed E-state index contributed by atoms with van der Waals surface area (Å²) in [7, 11) is 0. The summed E-state index contributed by atoms with van der Waals surface area (Å²) in [5.74, 6) is 0.637. The average Bonchev–Trinajstić information content (AvgIpc) is 2.85. The molecule has 0 spiro atoms. The van der Waals surface area contributed by atoms with E-state index in [9.17, 15) is 13.2 Å². The number of benzene rings is 1. The first-order valence-electron chi connectivity index (χ1n) is 5.76. The molecule has 0 saturated carbocycles. The number of halogens is 4. The van der Waals surface area contributed by atoms with Gasteiger partial charge in [0.25, 0.3) is 0 Å². The van der Waals surface area contributed by atoms with Gasteiger partial charge < -0.3 is 4.57 Å². The molecule has 0 radical (unpaired) electrons. The van der Waals surface area contributed by atoms with Gasteiger partial charge in [0, 0.05) is 24.7 Å². The fourth-order valence-electron chi connectivity index (χ4n) is 1.92. The van der Waals surface area contributed by atoms with Crippen molar-refractivity contribution in [1.29, 1.82) is 0 Å². The van der Waals surface area contributed by atoms with Crippen molar-refractivity contribution in [2.45, 2.75) is 25.4 Å². The van der Waals surface area contributed by atoms with E-state index in [1.807, 2.05) is 6.92 Å². The maximum atomic E-state index is 13.1. The Bertz CT molecular complexity index is 576. The van der Waals surface area contributed by atoms with Crippen molar-refractivity contribution in [3.63, 3.8) is 0 Å². The first-order chi connectivity index (χ1) is 8.97. The number of aromatic nitrogens is 2. The zero-order valence-corrected chi connectivity index (χ0v) is 11.0. The number of hydrogen-bond donors (Lipinski definition) is 0. The lowest BCUT2D eigenvalue weighted by Gasteiger charge is -2.16. The lowest BCUT2D eigenvalue weighted by atomic mass is 10.1. The third-order valence-electron chi connectivity index (χ3n) is 2.81. The predicted octanol–water partition coefficient (Wildman–Crippen LogP) is 4.19. The Morgan fingerprint density at radius 2 is 2.05 bits per heavy atom. The van der Waals surface area contributed by atoms with Crippen molar-refractivity contribution >= 4 is 11.6 Å². The second-order valence-corrected chi connectivity index (χ2v) is 4.32. The highest BCUT2D eigenvalue weighted by Crippen LogP contribution is 2.35. The second-order valence-electron chi connectivity index (χ2n) is 4.05. The van der Waals surface area contributed by atoms with Gasteiger partial charge in [0.05, 0.1) is 11.3 Å². The molecule has 0 N–H and O–H groups in total. The van der Waals surface area contributed by atoms with Crippen molar-refractivity contribution in [2.24, 2.45) is 0 Å². The highest BCUT2D eigenvalue weighted by Gasteiger charge is 2.34. The van der Waals surface area contributed by atoms with Crippen molar-refractivity contribution < 1.29 is 13.2 Å². The van der Waals surface area contributed by atoms with Crippen molar-refractivity contribution in [3.8, 4) is 5.69 Å². The lowest BCUT2D eigenvalue weighted by Crippen LogP contribution is -2.12. The van der Waals surface area contributed by atoms with E-state index < -0.39 is 11.7 Å². The Balaban J connectivity index is 2.63. The number of imidazole rings is 1. The summed E-state index contributed by atoms with van der Waals surface area (Å²) in [6.07, 6.45) is -0.841. The topological polar surface area (TPSA) is 17.8 Å². The molecule has 0 aliphatic rings. The van der Waals surface area contributed by atoms with E-state index in [4.69, 9.17) is 11.6 Å². The predicted molar refractivity (Wildman–Crippen MR) is 67.5 cm³/mol. The molecule has 0 unspecified atom stereocenters. The second kappa shape index (κ2) is 5.25. The van der Waals surface area contributed by atoms with Crippen LogP contribution in [0, 0.1) is 0 Å². The number of hydrogen-bond acceptors (Lipinski definition) is 1. The number of rotatable bonds is 3. The van der Waals surface area contributed by atoms with Gasteiger partial charge in [0.15, 0.2) is 0 Å². The minimum absolute atomic E-state index is 0.0495. The maximum absolute atomic E-state index is 13.1. The van der Waals surface area contributed by atoms with Crippen LogP contribution >= 0.6 is 11.6 Å². The van der Waals surface area contributed by atoms with Gasteiger partial charge in [-0.3, -0.25) is 0 Å². The Kier molecular flexibility index (Phi) is 3.85. The van der Waals surface area contributed by atoms with Gasteiger partial charge in [0.1, 0.15) is 5.82 Å². The van der Waals surface area contributed by atoms with Gasteiger partial charge in [-0.05, 0) is 17.7 Å². The fourth-order valence-corrected chi connectivity index (χ4v) is 2.08. The van der Waals surface area contributed by atoms with Crippen LogP contribution in [0.25, 0.3) is 5.69 Å². The molecule has 0 saturated heterocycles. The molecule has 1 aromatic heterocycles.